The van der Waals surface area contributed by atoms with Crippen molar-refractivity contribution < 1.29 is 10.0 Å². The first kappa shape index (κ1) is 12.8. The van der Waals surface area contributed by atoms with E-state index in [1.54, 1.807) is 12.1 Å². The van der Waals surface area contributed by atoms with Crippen LogP contribution in [0.1, 0.15) is 18.9 Å². The number of hydrogen-bond donors (Lipinski definition) is 1. The van der Waals surface area contributed by atoms with E-state index in [0.717, 1.165) is 5.56 Å². The first-order valence-electron chi connectivity index (χ1n) is 6.17. The molecule has 0 aromatic heterocycles. The minimum atomic E-state index is -0.335. The van der Waals surface area contributed by atoms with Gasteiger partial charge in [0.2, 0.25) is 0 Å². The molecule has 2 rings (SSSR count). The molecule has 2 unspecified atom stereocenters. The van der Waals surface area contributed by atoms with Crippen LogP contribution in [-0.2, 0) is 0 Å². The number of aliphatic hydroxyl groups is 1. The standard InChI is InChI=1S/C13H18N2O3/c1-9-3-4-11(12(7-9)15(17)18)14-6-5-13(16)10(2)8-14/h3-4,7,10,13,16H,5-6,8H2,1-2H3. The van der Waals surface area contributed by atoms with Crippen molar-refractivity contribution in [1.82, 2.24) is 0 Å². The monoisotopic (exact) mass is 250 g/mol. The lowest BCUT2D eigenvalue weighted by Crippen LogP contribution is -2.42. The summed E-state index contributed by atoms with van der Waals surface area (Å²) in [5, 5.41) is 20.8. The maximum absolute atomic E-state index is 11.1. The maximum atomic E-state index is 11.1. The SMILES string of the molecule is Cc1ccc(N2CCC(O)C(C)C2)c([N+](=O)[O-])c1. The van der Waals surface area contributed by atoms with Crippen LogP contribution < -0.4 is 4.90 Å². The molecule has 98 valence electrons. The van der Waals surface area contributed by atoms with Gasteiger partial charge in [-0.1, -0.05) is 13.0 Å². The number of aryl methyl sites for hydroxylation is 1. The van der Waals surface area contributed by atoms with Crippen LogP contribution in [0.2, 0.25) is 0 Å². The number of rotatable bonds is 2. The molecule has 0 spiro atoms. The van der Waals surface area contributed by atoms with Gasteiger partial charge >= 0.3 is 0 Å². The fourth-order valence-electron chi connectivity index (χ4n) is 2.40. The number of hydrogen-bond acceptors (Lipinski definition) is 4. The van der Waals surface area contributed by atoms with Crippen LogP contribution in [0.25, 0.3) is 0 Å². The zero-order chi connectivity index (χ0) is 13.3. The Bertz CT molecular complexity index is 462. The summed E-state index contributed by atoms with van der Waals surface area (Å²) < 4.78 is 0. The molecule has 2 atom stereocenters. The number of nitro benzene ring substituents is 1. The minimum Gasteiger partial charge on any atom is -0.393 e. The molecule has 1 aliphatic rings. The number of benzene rings is 1. The van der Waals surface area contributed by atoms with Crippen molar-refractivity contribution in [3.8, 4) is 0 Å². The van der Waals surface area contributed by atoms with Gasteiger partial charge in [0.05, 0.1) is 11.0 Å². The lowest BCUT2D eigenvalue weighted by atomic mass is 9.96. The lowest BCUT2D eigenvalue weighted by molar-refractivity contribution is -0.384. The Morgan fingerprint density at radius 3 is 2.83 bits per heavy atom. The fourth-order valence-corrected chi connectivity index (χ4v) is 2.40. The molecule has 0 aliphatic carbocycles. The third-order valence-corrected chi connectivity index (χ3v) is 3.53. The second kappa shape index (κ2) is 4.94. The van der Waals surface area contributed by atoms with Crippen LogP contribution in [-0.4, -0.2) is 29.2 Å². The fraction of sp³-hybridized carbons (Fsp3) is 0.538. The number of nitro groups is 1. The smallest absolute Gasteiger partial charge is 0.292 e. The molecule has 0 radical (unpaired) electrons. The van der Waals surface area contributed by atoms with Crippen LogP contribution in [0.4, 0.5) is 11.4 Å². The van der Waals surface area contributed by atoms with Crippen molar-refractivity contribution in [2.45, 2.75) is 26.4 Å². The van der Waals surface area contributed by atoms with Gasteiger partial charge in [-0.15, -0.1) is 0 Å². The van der Waals surface area contributed by atoms with Crippen molar-refractivity contribution >= 4 is 11.4 Å². The highest BCUT2D eigenvalue weighted by Gasteiger charge is 2.28. The molecule has 1 saturated heterocycles. The molecule has 1 aromatic rings. The average Bonchev–Trinajstić information content (AvgIpc) is 2.32. The van der Waals surface area contributed by atoms with Crippen molar-refractivity contribution in [3.63, 3.8) is 0 Å². The normalized spacial score (nSPS) is 24.1. The Morgan fingerprint density at radius 1 is 1.50 bits per heavy atom. The quantitative estimate of drug-likeness (QED) is 0.645. The zero-order valence-electron chi connectivity index (χ0n) is 10.7. The first-order valence-corrected chi connectivity index (χ1v) is 6.17. The third-order valence-electron chi connectivity index (χ3n) is 3.53. The maximum Gasteiger partial charge on any atom is 0.292 e. The predicted octanol–water partition coefficient (Wildman–Crippen LogP) is 2.11. The number of anilines is 1. The molecule has 1 aliphatic heterocycles. The summed E-state index contributed by atoms with van der Waals surface area (Å²) in [5.41, 5.74) is 1.69. The highest BCUT2D eigenvalue weighted by molar-refractivity contribution is 5.64. The van der Waals surface area contributed by atoms with E-state index in [-0.39, 0.29) is 22.6 Å². The van der Waals surface area contributed by atoms with Crippen LogP contribution >= 0.6 is 0 Å². The van der Waals surface area contributed by atoms with Gasteiger partial charge in [-0.3, -0.25) is 10.1 Å². The van der Waals surface area contributed by atoms with Gasteiger partial charge in [-0.05, 0) is 30.9 Å². The first-order chi connectivity index (χ1) is 8.49. The van der Waals surface area contributed by atoms with E-state index in [0.29, 0.717) is 25.2 Å². The molecule has 1 aromatic carbocycles. The summed E-state index contributed by atoms with van der Waals surface area (Å²) in [6, 6.07) is 5.29. The van der Waals surface area contributed by atoms with E-state index in [1.165, 1.54) is 0 Å². The summed E-state index contributed by atoms with van der Waals surface area (Å²) in [4.78, 5) is 12.8. The number of piperidine rings is 1. The summed E-state index contributed by atoms with van der Waals surface area (Å²) in [6.45, 7) is 5.14. The van der Waals surface area contributed by atoms with Gasteiger partial charge in [-0.2, -0.15) is 0 Å². The molecular formula is C13H18N2O3. The van der Waals surface area contributed by atoms with Crippen molar-refractivity contribution in [2.24, 2.45) is 5.92 Å². The third kappa shape index (κ3) is 2.46. The van der Waals surface area contributed by atoms with E-state index >= 15 is 0 Å². The van der Waals surface area contributed by atoms with E-state index in [9.17, 15) is 15.2 Å². The predicted molar refractivity (Wildman–Crippen MR) is 69.8 cm³/mol. The second-order valence-corrected chi connectivity index (χ2v) is 5.03. The molecule has 1 fully saturated rings. The summed E-state index contributed by atoms with van der Waals surface area (Å²) in [5.74, 6) is 0.139. The molecule has 1 heterocycles. The molecule has 18 heavy (non-hydrogen) atoms. The van der Waals surface area contributed by atoms with E-state index in [1.807, 2.05) is 24.8 Å². The highest BCUT2D eigenvalue weighted by Crippen LogP contribution is 2.32. The van der Waals surface area contributed by atoms with Gasteiger partial charge in [0.25, 0.3) is 5.69 Å². The Balaban J connectivity index is 2.30. The second-order valence-electron chi connectivity index (χ2n) is 5.03. The molecule has 0 bridgehead atoms. The van der Waals surface area contributed by atoms with Crippen LogP contribution in [0.3, 0.4) is 0 Å². The van der Waals surface area contributed by atoms with Gasteiger partial charge in [0.15, 0.2) is 0 Å². The minimum absolute atomic E-state index is 0.139. The number of aliphatic hydroxyl groups excluding tert-OH is 1. The van der Waals surface area contributed by atoms with E-state index in [4.69, 9.17) is 0 Å². The van der Waals surface area contributed by atoms with Gasteiger partial charge < -0.3 is 10.0 Å². The topological polar surface area (TPSA) is 66.6 Å². The van der Waals surface area contributed by atoms with E-state index < -0.39 is 0 Å². The Kier molecular flexibility index (Phi) is 3.52. The molecule has 5 heteroatoms. The van der Waals surface area contributed by atoms with Gasteiger partial charge in [0.1, 0.15) is 5.69 Å². The van der Waals surface area contributed by atoms with Crippen LogP contribution in [0.15, 0.2) is 18.2 Å². The Labute approximate surface area is 106 Å². The van der Waals surface area contributed by atoms with Crippen LogP contribution in [0.5, 0.6) is 0 Å². The zero-order valence-corrected chi connectivity index (χ0v) is 10.7. The van der Waals surface area contributed by atoms with Gasteiger partial charge in [0, 0.05) is 19.2 Å². The molecule has 1 N–H and O–H groups in total. The molecule has 5 nitrogen and oxygen atoms in total. The van der Waals surface area contributed by atoms with Crippen molar-refractivity contribution in [2.75, 3.05) is 18.0 Å². The van der Waals surface area contributed by atoms with Crippen molar-refractivity contribution in [3.05, 3.63) is 33.9 Å². The largest absolute Gasteiger partial charge is 0.393 e. The van der Waals surface area contributed by atoms with Crippen molar-refractivity contribution in [1.29, 1.82) is 0 Å². The Hall–Kier alpha value is -1.62. The summed E-state index contributed by atoms with van der Waals surface area (Å²) >= 11 is 0. The summed E-state index contributed by atoms with van der Waals surface area (Å²) in [6.07, 6.45) is 0.359. The molecule has 0 amide bonds. The Morgan fingerprint density at radius 2 is 2.22 bits per heavy atom. The van der Waals surface area contributed by atoms with E-state index in [2.05, 4.69) is 0 Å². The lowest BCUT2D eigenvalue weighted by Gasteiger charge is -2.35. The average molecular weight is 250 g/mol. The summed E-state index contributed by atoms with van der Waals surface area (Å²) in [7, 11) is 0. The molecule has 0 saturated carbocycles. The number of nitrogens with zero attached hydrogens (tertiary/aromatic N) is 2. The molecular weight excluding hydrogens is 232 g/mol. The van der Waals surface area contributed by atoms with Crippen LogP contribution in [0, 0.1) is 23.0 Å². The highest BCUT2D eigenvalue weighted by atomic mass is 16.6. The van der Waals surface area contributed by atoms with Gasteiger partial charge in [-0.25, -0.2) is 0 Å².